The number of aryl methyl sites for hydroxylation is 2. The molecule has 0 fully saturated rings. The van der Waals surface area contributed by atoms with Crippen LogP contribution in [0.25, 0.3) is 0 Å². The van der Waals surface area contributed by atoms with Gasteiger partial charge in [-0.05, 0) is 54.0 Å². The Bertz CT molecular complexity index is 675. The molecular weight excluding hydrogens is 278 g/mol. The van der Waals surface area contributed by atoms with Gasteiger partial charge in [-0.3, -0.25) is 0 Å². The van der Waals surface area contributed by atoms with Crippen LogP contribution in [0.2, 0.25) is 0 Å². The average Bonchev–Trinajstić information content (AvgIpc) is 3.06. The van der Waals surface area contributed by atoms with Crippen molar-refractivity contribution in [2.45, 2.75) is 30.7 Å². The molecule has 3 rings (SSSR count). The van der Waals surface area contributed by atoms with Crippen molar-refractivity contribution in [1.82, 2.24) is 4.72 Å². The molecular formula is C14H15NO2S2. The first-order valence-electron chi connectivity index (χ1n) is 6.29. The monoisotopic (exact) mass is 293 g/mol. The Labute approximate surface area is 117 Å². The summed E-state index contributed by atoms with van der Waals surface area (Å²) in [5.41, 5.74) is 2.47. The van der Waals surface area contributed by atoms with Crippen molar-refractivity contribution < 1.29 is 8.42 Å². The molecule has 1 heterocycles. The van der Waals surface area contributed by atoms with Crippen molar-refractivity contribution in [3.05, 3.63) is 51.7 Å². The normalized spacial score (nSPS) is 14.5. The number of fused-ring (bicyclic) bond motifs is 1. The molecule has 19 heavy (non-hydrogen) atoms. The van der Waals surface area contributed by atoms with Gasteiger partial charge < -0.3 is 0 Å². The van der Waals surface area contributed by atoms with Crippen LogP contribution in [0.3, 0.4) is 0 Å². The zero-order valence-electron chi connectivity index (χ0n) is 10.4. The van der Waals surface area contributed by atoms with E-state index in [1.807, 2.05) is 29.6 Å². The van der Waals surface area contributed by atoms with E-state index in [0.29, 0.717) is 11.4 Å². The maximum atomic E-state index is 12.2. The fourth-order valence-corrected chi connectivity index (χ4v) is 4.17. The van der Waals surface area contributed by atoms with Crippen molar-refractivity contribution >= 4 is 21.4 Å². The van der Waals surface area contributed by atoms with E-state index in [1.54, 1.807) is 17.4 Å². The lowest BCUT2D eigenvalue weighted by molar-refractivity contribution is 0.581. The summed E-state index contributed by atoms with van der Waals surface area (Å²) in [7, 11) is -3.40. The lowest BCUT2D eigenvalue weighted by atomic mass is 10.1. The summed E-state index contributed by atoms with van der Waals surface area (Å²) in [6, 6.07) is 9.32. The molecule has 0 bridgehead atoms. The second-order valence-electron chi connectivity index (χ2n) is 4.69. The minimum atomic E-state index is -3.40. The summed E-state index contributed by atoms with van der Waals surface area (Å²) in [5, 5.41) is 1.94. The standard InChI is InChI=1S/C14H15NO2S2/c16-19(17,15-10-13-5-2-8-18-13)14-7-6-11-3-1-4-12(11)9-14/h2,5-9,15H,1,3-4,10H2. The minimum absolute atomic E-state index is 0.358. The third kappa shape index (κ3) is 2.73. The van der Waals surface area contributed by atoms with Gasteiger partial charge in [0.15, 0.2) is 0 Å². The van der Waals surface area contributed by atoms with Gasteiger partial charge >= 0.3 is 0 Å². The molecule has 0 saturated carbocycles. The van der Waals surface area contributed by atoms with Crippen LogP contribution in [-0.2, 0) is 29.4 Å². The Kier molecular flexibility index (Phi) is 3.43. The van der Waals surface area contributed by atoms with Gasteiger partial charge in [0.25, 0.3) is 0 Å². The Morgan fingerprint density at radius 2 is 2.00 bits per heavy atom. The highest BCUT2D eigenvalue weighted by molar-refractivity contribution is 7.89. The molecule has 0 aliphatic heterocycles. The number of hydrogen-bond donors (Lipinski definition) is 1. The molecule has 0 radical (unpaired) electrons. The van der Waals surface area contributed by atoms with Crippen LogP contribution >= 0.6 is 11.3 Å². The molecule has 0 atom stereocenters. The second-order valence-corrected chi connectivity index (χ2v) is 7.49. The first kappa shape index (κ1) is 12.8. The molecule has 0 amide bonds. The lowest BCUT2D eigenvalue weighted by Crippen LogP contribution is -2.22. The van der Waals surface area contributed by atoms with Gasteiger partial charge in [-0.25, -0.2) is 13.1 Å². The minimum Gasteiger partial charge on any atom is -0.207 e. The summed E-state index contributed by atoms with van der Waals surface area (Å²) in [4.78, 5) is 1.40. The van der Waals surface area contributed by atoms with Gasteiger partial charge in [0.1, 0.15) is 0 Å². The lowest BCUT2D eigenvalue weighted by Gasteiger charge is -2.07. The highest BCUT2D eigenvalue weighted by atomic mass is 32.2. The van der Waals surface area contributed by atoms with Gasteiger partial charge in [-0.2, -0.15) is 0 Å². The summed E-state index contributed by atoms with van der Waals surface area (Å²) in [6.07, 6.45) is 3.18. The Hall–Kier alpha value is -1.17. The molecule has 1 aromatic heterocycles. The maximum absolute atomic E-state index is 12.2. The van der Waals surface area contributed by atoms with E-state index in [-0.39, 0.29) is 0 Å². The number of thiophene rings is 1. The largest absolute Gasteiger partial charge is 0.240 e. The molecule has 0 unspecified atom stereocenters. The average molecular weight is 293 g/mol. The van der Waals surface area contributed by atoms with Crippen LogP contribution in [0.15, 0.2) is 40.6 Å². The van der Waals surface area contributed by atoms with Crippen LogP contribution < -0.4 is 4.72 Å². The van der Waals surface area contributed by atoms with Gasteiger partial charge in [0.2, 0.25) is 10.0 Å². The molecule has 5 heteroatoms. The van der Waals surface area contributed by atoms with E-state index in [2.05, 4.69) is 4.72 Å². The molecule has 0 saturated heterocycles. The predicted molar refractivity (Wildman–Crippen MR) is 76.8 cm³/mol. The Morgan fingerprint density at radius 3 is 2.79 bits per heavy atom. The van der Waals surface area contributed by atoms with E-state index < -0.39 is 10.0 Å². The van der Waals surface area contributed by atoms with Crippen LogP contribution in [0.1, 0.15) is 22.4 Å². The topological polar surface area (TPSA) is 46.2 Å². The molecule has 1 aliphatic carbocycles. The number of benzene rings is 1. The SMILES string of the molecule is O=S(=O)(NCc1cccs1)c1ccc2c(c1)CCC2. The molecule has 2 aromatic rings. The van der Waals surface area contributed by atoms with Crippen LogP contribution in [0.5, 0.6) is 0 Å². The Morgan fingerprint density at radius 1 is 1.16 bits per heavy atom. The fraction of sp³-hybridized carbons (Fsp3) is 0.286. The van der Waals surface area contributed by atoms with E-state index >= 15 is 0 Å². The predicted octanol–water partition coefficient (Wildman–Crippen LogP) is 2.72. The van der Waals surface area contributed by atoms with E-state index in [4.69, 9.17) is 0 Å². The van der Waals surface area contributed by atoms with Gasteiger partial charge in [-0.1, -0.05) is 12.1 Å². The van der Waals surface area contributed by atoms with Crippen molar-refractivity contribution in [3.63, 3.8) is 0 Å². The van der Waals surface area contributed by atoms with Gasteiger partial charge in [0.05, 0.1) is 4.90 Å². The molecule has 1 N–H and O–H groups in total. The first-order valence-corrected chi connectivity index (χ1v) is 8.65. The molecule has 3 nitrogen and oxygen atoms in total. The van der Waals surface area contributed by atoms with E-state index in [9.17, 15) is 8.42 Å². The number of rotatable bonds is 4. The summed E-state index contributed by atoms with van der Waals surface area (Å²) < 4.78 is 27.1. The third-order valence-corrected chi connectivity index (χ3v) is 5.67. The summed E-state index contributed by atoms with van der Waals surface area (Å²) in [6.45, 7) is 0.358. The van der Waals surface area contributed by atoms with Crippen molar-refractivity contribution in [2.24, 2.45) is 0 Å². The smallest absolute Gasteiger partial charge is 0.207 e. The first-order chi connectivity index (χ1) is 9.15. The maximum Gasteiger partial charge on any atom is 0.240 e. The molecule has 1 aliphatic rings. The third-order valence-electron chi connectivity index (χ3n) is 3.40. The fourth-order valence-electron chi connectivity index (χ4n) is 2.38. The van der Waals surface area contributed by atoms with E-state index in [1.165, 1.54) is 11.1 Å². The highest BCUT2D eigenvalue weighted by Crippen LogP contribution is 2.24. The highest BCUT2D eigenvalue weighted by Gasteiger charge is 2.18. The van der Waals surface area contributed by atoms with Crippen molar-refractivity contribution in [3.8, 4) is 0 Å². The van der Waals surface area contributed by atoms with Gasteiger partial charge in [-0.15, -0.1) is 11.3 Å². The summed E-state index contributed by atoms with van der Waals surface area (Å²) >= 11 is 1.55. The zero-order chi connectivity index (χ0) is 13.3. The van der Waals surface area contributed by atoms with Gasteiger partial charge in [0, 0.05) is 11.4 Å². The molecule has 0 spiro atoms. The molecule has 100 valence electrons. The second kappa shape index (κ2) is 5.07. The van der Waals surface area contributed by atoms with Crippen LogP contribution in [0.4, 0.5) is 0 Å². The van der Waals surface area contributed by atoms with Crippen molar-refractivity contribution in [1.29, 1.82) is 0 Å². The van der Waals surface area contributed by atoms with Crippen LogP contribution in [-0.4, -0.2) is 8.42 Å². The number of hydrogen-bond acceptors (Lipinski definition) is 3. The summed E-state index contributed by atoms with van der Waals surface area (Å²) in [5.74, 6) is 0. The quantitative estimate of drug-likeness (QED) is 0.942. The zero-order valence-corrected chi connectivity index (χ0v) is 12.1. The Balaban J connectivity index is 1.80. The van der Waals surface area contributed by atoms with E-state index in [0.717, 1.165) is 24.1 Å². The number of nitrogens with one attached hydrogen (secondary N) is 1. The van der Waals surface area contributed by atoms with Crippen molar-refractivity contribution in [2.75, 3.05) is 0 Å². The van der Waals surface area contributed by atoms with Crippen LogP contribution in [0, 0.1) is 0 Å². The number of sulfonamides is 1. The molecule has 1 aromatic carbocycles.